The summed E-state index contributed by atoms with van der Waals surface area (Å²) in [4.78, 5) is 30.6. The van der Waals surface area contributed by atoms with Gasteiger partial charge < -0.3 is 25.2 Å². The number of likely N-dealkylation sites (tertiary alicyclic amines) is 1. The molecule has 2 aromatic rings. The normalized spacial score (nSPS) is 20.2. The number of benzene rings is 2. The third-order valence-electron chi connectivity index (χ3n) is 8.43. The number of para-hydroxylation sites is 1. The highest BCUT2D eigenvalue weighted by Crippen LogP contribution is 2.41. The second-order valence-electron chi connectivity index (χ2n) is 11.0. The molecular weight excluding hydrogens is 506 g/mol. The molecule has 40 heavy (non-hydrogen) atoms. The molecule has 4 rings (SSSR count). The molecule has 1 fully saturated rings. The fourth-order valence-electron chi connectivity index (χ4n) is 6.27. The van der Waals surface area contributed by atoms with Gasteiger partial charge in [0.05, 0.1) is 26.2 Å². The highest BCUT2D eigenvalue weighted by Gasteiger charge is 2.47. The number of nitrogens with zero attached hydrogens (tertiary/aromatic N) is 2. The van der Waals surface area contributed by atoms with Gasteiger partial charge in [0.2, 0.25) is 5.91 Å². The predicted octanol–water partition coefficient (Wildman–Crippen LogP) is 4.10. The SMILES string of the molecule is CCCCN(CCCCN)C(=O)CN1C[C@H](c2ccc3c(c2)CCO3)[C@@H](C(=O)O)[C@@H]1CCc1ccccc1OC. The van der Waals surface area contributed by atoms with Crippen LogP contribution in [-0.2, 0) is 22.4 Å². The van der Waals surface area contributed by atoms with E-state index in [9.17, 15) is 14.7 Å². The molecule has 0 aromatic heterocycles. The van der Waals surface area contributed by atoms with Gasteiger partial charge in [-0.1, -0.05) is 43.7 Å². The maximum atomic E-state index is 13.7. The van der Waals surface area contributed by atoms with Gasteiger partial charge in [-0.3, -0.25) is 14.5 Å². The van der Waals surface area contributed by atoms with Crippen molar-refractivity contribution in [1.29, 1.82) is 0 Å². The van der Waals surface area contributed by atoms with Crippen molar-refractivity contribution >= 4 is 11.9 Å². The largest absolute Gasteiger partial charge is 0.496 e. The minimum atomic E-state index is -0.812. The summed E-state index contributed by atoms with van der Waals surface area (Å²) in [5.74, 6) is 0.116. The number of aryl methyl sites for hydroxylation is 1. The van der Waals surface area contributed by atoms with Crippen molar-refractivity contribution in [3.8, 4) is 11.5 Å². The topological polar surface area (TPSA) is 105 Å². The molecule has 218 valence electrons. The summed E-state index contributed by atoms with van der Waals surface area (Å²) in [7, 11) is 1.66. The molecule has 0 unspecified atom stereocenters. The fourth-order valence-corrected chi connectivity index (χ4v) is 6.27. The summed E-state index contributed by atoms with van der Waals surface area (Å²) in [5.41, 5.74) is 8.90. The molecule has 0 bridgehead atoms. The van der Waals surface area contributed by atoms with Crippen LogP contribution >= 0.6 is 0 Å². The number of unbranched alkanes of at least 4 members (excludes halogenated alkanes) is 2. The summed E-state index contributed by atoms with van der Waals surface area (Å²) >= 11 is 0. The highest BCUT2D eigenvalue weighted by atomic mass is 16.5. The van der Waals surface area contributed by atoms with Crippen LogP contribution in [0, 0.1) is 5.92 Å². The number of fused-ring (bicyclic) bond motifs is 1. The van der Waals surface area contributed by atoms with E-state index in [0.717, 1.165) is 66.8 Å². The Morgan fingerprint density at radius 1 is 1.15 bits per heavy atom. The van der Waals surface area contributed by atoms with Crippen molar-refractivity contribution < 1.29 is 24.2 Å². The molecule has 2 aliphatic rings. The number of nitrogens with two attached hydrogens (primary N) is 1. The minimum Gasteiger partial charge on any atom is -0.496 e. The van der Waals surface area contributed by atoms with Crippen molar-refractivity contribution in [3.05, 3.63) is 59.2 Å². The van der Waals surface area contributed by atoms with Gasteiger partial charge >= 0.3 is 5.97 Å². The van der Waals surface area contributed by atoms with Crippen LogP contribution in [0.25, 0.3) is 0 Å². The Bertz CT molecular complexity index is 1140. The molecule has 0 spiro atoms. The van der Waals surface area contributed by atoms with E-state index in [0.29, 0.717) is 39.1 Å². The monoisotopic (exact) mass is 551 g/mol. The lowest BCUT2D eigenvalue weighted by Gasteiger charge is -2.30. The van der Waals surface area contributed by atoms with E-state index in [1.165, 1.54) is 0 Å². The van der Waals surface area contributed by atoms with Crippen LogP contribution in [0.5, 0.6) is 11.5 Å². The molecule has 0 aliphatic carbocycles. The van der Waals surface area contributed by atoms with Crippen LogP contribution in [0.15, 0.2) is 42.5 Å². The number of aliphatic carboxylic acids is 1. The molecule has 0 saturated carbocycles. The summed E-state index contributed by atoms with van der Waals surface area (Å²) in [6.07, 6.45) is 5.84. The number of hydrogen-bond acceptors (Lipinski definition) is 6. The van der Waals surface area contributed by atoms with Crippen molar-refractivity contribution in [1.82, 2.24) is 9.80 Å². The quantitative estimate of drug-likeness (QED) is 0.321. The molecule has 1 saturated heterocycles. The maximum Gasteiger partial charge on any atom is 0.308 e. The van der Waals surface area contributed by atoms with Gasteiger partial charge in [-0.05, 0) is 67.5 Å². The first kappa shape index (κ1) is 29.9. The molecule has 8 heteroatoms. The third kappa shape index (κ3) is 7.15. The molecule has 0 radical (unpaired) electrons. The minimum absolute atomic E-state index is 0.0694. The van der Waals surface area contributed by atoms with Crippen molar-refractivity contribution in [2.75, 3.05) is 46.4 Å². The van der Waals surface area contributed by atoms with Crippen LogP contribution < -0.4 is 15.2 Å². The number of carboxylic acids is 1. The number of rotatable bonds is 15. The third-order valence-corrected chi connectivity index (χ3v) is 8.43. The smallest absolute Gasteiger partial charge is 0.308 e. The van der Waals surface area contributed by atoms with E-state index < -0.39 is 11.9 Å². The van der Waals surface area contributed by atoms with Crippen LogP contribution in [0.3, 0.4) is 0 Å². The van der Waals surface area contributed by atoms with Crippen molar-refractivity contribution in [2.45, 2.75) is 63.8 Å². The van der Waals surface area contributed by atoms with E-state index >= 15 is 0 Å². The van der Waals surface area contributed by atoms with Gasteiger partial charge in [-0.15, -0.1) is 0 Å². The Labute approximate surface area is 238 Å². The highest BCUT2D eigenvalue weighted by molar-refractivity contribution is 5.79. The van der Waals surface area contributed by atoms with Gasteiger partial charge in [-0.2, -0.15) is 0 Å². The van der Waals surface area contributed by atoms with Gasteiger partial charge in [0.1, 0.15) is 11.5 Å². The summed E-state index contributed by atoms with van der Waals surface area (Å²) < 4.78 is 11.3. The number of carbonyl (C=O) groups excluding carboxylic acids is 1. The number of amides is 1. The maximum absolute atomic E-state index is 13.7. The molecular formula is C32H45N3O5. The van der Waals surface area contributed by atoms with E-state index in [2.05, 4.69) is 17.9 Å². The Kier molecular flexibility index (Phi) is 10.8. The summed E-state index contributed by atoms with van der Waals surface area (Å²) in [6, 6.07) is 13.7. The first-order valence-electron chi connectivity index (χ1n) is 14.8. The predicted molar refractivity (Wildman–Crippen MR) is 156 cm³/mol. The van der Waals surface area contributed by atoms with Crippen molar-refractivity contribution in [2.24, 2.45) is 11.7 Å². The zero-order chi connectivity index (χ0) is 28.5. The second-order valence-corrected chi connectivity index (χ2v) is 11.0. The van der Waals surface area contributed by atoms with Gasteiger partial charge in [0.25, 0.3) is 0 Å². The first-order valence-corrected chi connectivity index (χ1v) is 14.8. The standard InChI is InChI=1S/C32H45N3O5/c1-3-4-17-34(18-8-7-16-33)30(36)22-35-21-26(24-12-14-29-25(20-24)15-19-40-29)31(32(37)38)27(35)13-11-23-9-5-6-10-28(23)39-2/h5-6,9-10,12,14,20,26-27,31H,3-4,7-8,11,13,15-19,21-22,33H2,1-2H3,(H,37,38)/t26-,27+,31-/m1/s1. The molecule has 2 aromatic carbocycles. The van der Waals surface area contributed by atoms with E-state index in [4.69, 9.17) is 15.2 Å². The van der Waals surface area contributed by atoms with Crippen LogP contribution in [0.1, 0.15) is 61.6 Å². The lowest BCUT2D eigenvalue weighted by Crippen LogP contribution is -2.45. The molecule has 8 nitrogen and oxygen atoms in total. The number of ether oxygens (including phenoxy) is 2. The van der Waals surface area contributed by atoms with E-state index in [1.807, 2.05) is 41.3 Å². The number of carbonyl (C=O) groups is 2. The van der Waals surface area contributed by atoms with Crippen LogP contribution in [-0.4, -0.2) is 79.3 Å². The number of carboxylic acid groups (broad SMARTS) is 1. The van der Waals surface area contributed by atoms with Crippen molar-refractivity contribution in [3.63, 3.8) is 0 Å². The van der Waals surface area contributed by atoms with E-state index in [1.54, 1.807) is 7.11 Å². The zero-order valence-corrected chi connectivity index (χ0v) is 24.0. The fraction of sp³-hybridized carbons (Fsp3) is 0.562. The summed E-state index contributed by atoms with van der Waals surface area (Å²) in [6.45, 7) is 5.55. The van der Waals surface area contributed by atoms with E-state index in [-0.39, 0.29) is 24.4 Å². The Hall–Kier alpha value is -3.10. The van der Waals surface area contributed by atoms with Gasteiger partial charge in [-0.25, -0.2) is 0 Å². The Morgan fingerprint density at radius 2 is 1.95 bits per heavy atom. The molecule has 3 atom stereocenters. The van der Waals surface area contributed by atoms with Gasteiger partial charge in [0, 0.05) is 38.0 Å². The average Bonchev–Trinajstić information content (AvgIpc) is 3.58. The number of methoxy groups -OCH3 is 1. The lowest BCUT2D eigenvalue weighted by atomic mass is 9.83. The van der Waals surface area contributed by atoms with Crippen LogP contribution in [0.4, 0.5) is 0 Å². The van der Waals surface area contributed by atoms with Crippen LogP contribution in [0.2, 0.25) is 0 Å². The molecule has 2 aliphatic heterocycles. The summed E-state index contributed by atoms with van der Waals surface area (Å²) in [5, 5.41) is 10.5. The Morgan fingerprint density at radius 3 is 2.70 bits per heavy atom. The molecule has 2 heterocycles. The molecule has 3 N–H and O–H groups in total. The first-order chi connectivity index (χ1) is 19.5. The zero-order valence-electron chi connectivity index (χ0n) is 24.0. The average molecular weight is 552 g/mol. The molecule has 1 amide bonds. The second kappa shape index (κ2) is 14.5. The van der Waals surface area contributed by atoms with Gasteiger partial charge in [0.15, 0.2) is 0 Å². The lowest BCUT2D eigenvalue weighted by molar-refractivity contribution is -0.143. The Balaban J connectivity index is 1.60. The number of hydrogen-bond donors (Lipinski definition) is 2.